The fourth-order valence-electron chi connectivity index (χ4n) is 10.1. The van der Waals surface area contributed by atoms with Gasteiger partial charge in [0.2, 0.25) is 0 Å². The monoisotopic (exact) mass is 478 g/mol. The maximum atomic E-state index is 6.70. The SMILES string of the molecule is CC1(C)OB(C2CCC3C4CCCCCC4C(C4=CCCC=C4)(C4CCCCC4)C3C2)OC1(C)C. The number of hydrogen-bond donors (Lipinski definition) is 0. The molecule has 3 heteroatoms. The van der Waals surface area contributed by atoms with Crippen molar-refractivity contribution in [1.29, 1.82) is 0 Å². The predicted octanol–water partition coefficient (Wildman–Crippen LogP) is 8.92. The summed E-state index contributed by atoms with van der Waals surface area (Å²) in [6, 6.07) is 0. The van der Waals surface area contributed by atoms with Gasteiger partial charge in [0.1, 0.15) is 0 Å². The quantitative estimate of drug-likeness (QED) is 0.377. The zero-order valence-electron chi connectivity index (χ0n) is 23.2. The van der Waals surface area contributed by atoms with Gasteiger partial charge in [-0.05, 0) is 114 Å². The van der Waals surface area contributed by atoms with Crippen LogP contribution in [0.1, 0.15) is 124 Å². The van der Waals surface area contributed by atoms with Crippen LogP contribution in [0.2, 0.25) is 5.82 Å². The van der Waals surface area contributed by atoms with Crippen LogP contribution in [0.15, 0.2) is 23.8 Å². The van der Waals surface area contributed by atoms with Crippen molar-refractivity contribution in [1.82, 2.24) is 0 Å². The highest BCUT2D eigenvalue weighted by Gasteiger charge is 2.65. The third kappa shape index (κ3) is 3.96. The van der Waals surface area contributed by atoms with Gasteiger partial charge in [-0.3, -0.25) is 0 Å². The zero-order valence-corrected chi connectivity index (χ0v) is 23.2. The maximum Gasteiger partial charge on any atom is 0.461 e. The molecule has 0 aromatic rings. The first-order chi connectivity index (χ1) is 16.8. The first kappa shape index (κ1) is 24.8. The first-order valence-corrected chi connectivity index (χ1v) is 15.6. The van der Waals surface area contributed by atoms with Crippen LogP contribution in [0.3, 0.4) is 0 Å². The summed E-state index contributed by atoms with van der Waals surface area (Å²) in [6.45, 7) is 8.93. The van der Waals surface area contributed by atoms with Gasteiger partial charge in [0.15, 0.2) is 0 Å². The Morgan fingerprint density at radius 1 is 0.714 bits per heavy atom. The third-order valence-corrected chi connectivity index (χ3v) is 12.2. The van der Waals surface area contributed by atoms with E-state index in [0.717, 1.165) is 29.6 Å². The van der Waals surface area contributed by atoms with Crippen molar-refractivity contribution < 1.29 is 9.31 Å². The van der Waals surface area contributed by atoms with E-state index in [1.54, 1.807) is 5.57 Å². The standard InChI is InChI=1S/C32H51BO2/c1-30(2)31(3,4)35-33(34-30)25-20-21-27-26-18-12-7-13-19-28(26)32(29(27)22-25,23-14-8-5-9-15-23)24-16-10-6-11-17-24/h8,14-15,24-29H,5-7,9-13,16-22H2,1-4H3. The van der Waals surface area contributed by atoms with Gasteiger partial charge in [0.05, 0.1) is 11.2 Å². The summed E-state index contributed by atoms with van der Waals surface area (Å²) in [5, 5.41) is 0. The second kappa shape index (κ2) is 9.34. The van der Waals surface area contributed by atoms with Crippen molar-refractivity contribution in [3.63, 3.8) is 0 Å². The second-order valence-corrected chi connectivity index (χ2v) is 14.3. The molecule has 0 N–H and O–H groups in total. The molecule has 1 saturated heterocycles. The number of fused-ring (bicyclic) bond motifs is 3. The Morgan fingerprint density at radius 2 is 1.37 bits per heavy atom. The van der Waals surface area contributed by atoms with Crippen molar-refractivity contribution in [3.8, 4) is 0 Å². The highest BCUT2D eigenvalue weighted by atomic mass is 16.7. The second-order valence-electron chi connectivity index (χ2n) is 14.3. The van der Waals surface area contributed by atoms with Crippen molar-refractivity contribution in [3.05, 3.63) is 23.8 Å². The molecule has 35 heavy (non-hydrogen) atoms. The minimum atomic E-state index is -0.217. The summed E-state index contributed by atoms with van der Waals surface area (Å²) in [6.07, 6.45) is 29.1. The van der Waals surface area contributed by atoms with Crippen molar-refractivity contribution in [2.24, 2.45) is 35.0 Å². The molecule has 194 valence electrons. The highest BCUT2D eigenvalue weighted by molar-refractivity contribution is 6.47. The molecule has 0 radical (unpaired) electrons. The molecule has 0 bridgehead atoms. The summed E-state index contributed by atoms with van der Waals surface area (Å²) in [7, 11) is -0.0220. The largest absolute Gasteiger partial charge is 0.461 e. The molecule has 1 aliphatic heterocycles. The van der Waals surface area contributed by atoms with Gasteiger partial charge >= 0.3 is 7.12 Å². The topological polar surface area (TPSA) is 18.5 Å². The number of allylic oxidation sites excluding steroid dienone is 4. The van der Waals surface area contributed by atoms with Gasteiger partial charge in [0.25, 0.3) is 0 Å². The zero-order chi connectivity index (χ0) is 24.3. The van der Waals surface area contributed by atoms with E-state index in [4.69, 9.17) is 9.31 Å². The third-order valence-electron chi connectivity index (χ3n) is 12.2. The molecule has 0 aromatic carbocycles. The number of hydrogen-bond acceptors (Lipinski definition) is 2. The lowest BCUT2D eigenvalue weighted by molar-refractivity contribution is 0.00578. The molecule has 2 nitrogen and oxygen atoms in total. The lowest BCUT2D eigenvalue weighted by atomic mass is 9.49. The van der Waals surface area contributed by atoms with E-state index in [1.165, 1.54) is 96.3 Å². The van der Waals surface area contributed by atoms with Crippen LogP contribution in [0.5, 0.6) is 0 Å². The Hall–Kier alpha value is -0.535. The Balaban J connectivity index is 1.40. The van der Waals surface area contributed by atoms with E-state index >= 15 is 0 Å². The molecule has 6 unspecified atom stereocenters. The molecule has 6 rings (SSSR count). The van der Waals surface area contributed by atoms with E-state index in [1.807, 2.05) is 0 Å². The Labute approximate surface area is 216 Å². The van der Waals surface area contributed by atoms with E-state index in [9.17, 15) is 0 Å². The predicted molar refractivity (Wildman–Crippen MR) is 146 cm³/mol. The van der Waals surface area contributed by atoms with Gasteiger partial charge < -0.3 is 9.31 Å². The molecule has 6 aliphatic rings. The average Bonchev–Trinajstić information content (AvgIpc) is 3.10. The first-order valence-electron chi connectivity index (χ1n) is 15.6. The molecular weight excluding hydrogens is 427 g/mol. The minimum Gasteiger partial charge on any atom is -0.403 e. The van der Waals surface area contributed by atoms with Crippen LogP contribution in [0.4, 0.5) is 0 Å². The van der Waals surface area contributed by atoms with E-state index in [0.29, 0.717) is 11.2 Å². The Bertz CT molecular complexity index is 821. The molecular formula is C32H51BO2. The smallest absolute Gasteiger partial charge is 0.403 e. The van der Waals surface area contributed by atoms with Crippen LogP contribution in [0, 0.1) is 35.0 Å². The molecule has 0 amide bonds. The summed E-state index contributed by atoms with van der Waals surface area (Å²) < 4.78 is 13.4. The van der Waals surface area contributed by atoms with Gasteiger partial charge in [-0.25, -0.2) is 0 Å². The summed E-state index contributed by atoms with van der Waals surface area (Å²) in [5.41, 5.74) is 1.77. The summed E-state index contributed by atoms with van der Waals surface area (Å²) in [5.74, 6) is 5.06. The molecule has 1 heterocycles. The van der Waals surface area contributed by atoms with Crippen molar-refractivity contribution >= 4 is 7.12 Å². The minimum absolute atomic E-state index is 0.0220. The fourth-order valence-corrected chi connectivity index (χ4v) is 10.1. The van der Waals surface area contributed by atoms with Crippen LogP contribution in [-0.2, 0) is 9.31 Å². The molecule has 5 fully saturated rings. The average molecular weight is 479 g/mol. The van der Waals surface area contributed by atoms with Crippen LogP contribution in [-0.4, -0.2) is 18.3 Å². The summed E-state index contributed by atoms with van der Waals surface area (Å²) in [4.78, 5) is 0. The fraction of sp³-hybridized carbons (Fsp3) is 0.875. The number of rotatable bonds is 3. The van der Waals surface area contributed by atoms with Crippen molar-refractivity contribution in [2.75, 3.05) is 0 Å². The van der Waals surface area contributed by atoms with Crippen LogP contribution in [0.25, 0.3) is 0 Å². The maximum absolute atomic E-state index is 6.70. The van der Waals surface area contributed by atoms with Gasteiger partial charge in [-0.15, -0.1) is 0 Å². The molecule has 6 atom stereocenters. The molecule has 0 spiro atoms. The lowest BCUT2D eigenvalue weighted by Gasteiger charge is -2.52. The van der Waals surface area contributed by atoms with Gasteiger partial charge in [-0.1, -0.05) is 69.6 Å². The normalized spacial score (nSPS) is 43.4. The van der Waals surface area contributed by atoms with Gasteiger partial charge in [0, 0.05) is 5.41 Å². The van der Waals surface area contributed by atoms with E-state index in [-0.39, 0.29) is 18.3 Å². The summed E-state index contributed by atoms with van der Waals surface area (Å²) >= 11 is 0. The molecule has 0 aromatic heterocycles. The Kier molecular flexibility index (Phi) is 6.61. The van der Waals surface area contributed by atoms with E-state index in [2.05, 4.69) is 45.9 Å². The molecule has 4 saturated carbocycles. The van der Waals surface area contributed by atoms with Gasteiger partial charge in [-0.2, -0.15) is 0 Å². The lowest BCUT2D eigenvalue weighted by Crippen LogP contribution is -2.46. The highest BCUT2D eigenvalue weighted by Crippen LogP contribution is 2.71. The van der Waals surface area contributed by atoms with Crippen LogP contribution < -0.4 is 0 Å². The van der Waals surface area contributed by atoms with Crippen LogP contribution >= 0.6 is 0 Å². The van der Waals surface area contributed by atoms with Crippen molar-refractivity contribution in [2.45, 2.75) is 141 Å². The van der Waals surface area contributed by atoms with E-state index < -0.39 is 0 Å². The Morgan fingerprint density at radius 3 is 2.06 bits per heavy atom. The molecule has 5 aliphatic carbocycles.